The van der Waals surface area contributed by atoms with Crippen LogP contribution in [0, 0.1) is 17.7 Å². The van der Waals surface area contributed by atoms with Crippen molar-refractivity contribution in [2.75, 3.05) is 31.3 Å². The van der Waals surface area contributed by atoms with Crippen molar-refractivity contribution in [3.8, 4) is 21.8 Å². The number of hydrogen-bond donors (Lipinski definition) is 1. The van der Waals surface area contributed by atoms with Gasteiger partial charge < -0.3 is 10.1 Å². The SMILES string of the molecule is O=C(Cc1csc(-c2cnn(CC3CCSCC3)c2-c2ccc(F)cc2)n1)NCC1CCOCC1. The number of carbonyl (C=O) groups is 1. The Labute approximate surface area is 213 Å². The summed E-state index contributed by atoms with van der Waals surface area (Å²) in [5, 5.41) is 10.6. The van der Waals surface area contributed by atoms with Crippen LogP contribution in [0.5, 0.6) is 0 Å². The molecule has 186 valence electrons. The van der Waals surface area contributed by atoms with E-state index in [0.29, 0.717) is 18.4 Å². The number of thioether (sulfide) groups is 1. The van der Waals surface area contributed by atoms with Gasteiger partial charge in [0.05, 0.1) is 29.6 Å². The molecule has 6 nitrogen and oxygen atoms in total. The average molecular weight is 515 g/mol. The van der Waals surface area contributed by atoms with Crippen LogP contribution in [0.1, 0.15) is 31.4 Å². The van der Waals surface area contributed by atoms with Crippen LogP contribution >= 0.6 is 23.1 Å². The van der Waals surface area contributed by atoms with Crippen molar-refractivity contribution in [1.29, 1.82) is 0 Å². The number of hydrogen-bond acceptors (Lipinski definition) is 6. The zero-order valence-electron chi connectivity index (χ0n) is 19.7. The number of carbonyl (C=O) groups excluding carboxylic acids is 1. The summed E-state index contributed by atoms with van der Waals surface area (Å²) < 4.78 is 21.1. The highest BCUT2D eigenvalue weighted by Crippen LogP contribution is 2.35. The van der Waals surface area contributed by atoms with Gasteiger partial charge in [0.1, 0.15) is 10.8 Å². The summed E-state index contributed by atoms with van der Waals surface area (Å²) in [6.07, 6.45) is 6.50. The maximum Gasteiger partial charge on any atom is 0.226 e. The molecule has 2 fully saturated rings. The standard InChI is InChI=1S/C26H31FN4O2S2/c27-21-3-1-20(2-4-21)25-23(15-29-31(25)16-19-7-11-34-12-8-19)26-30-22(17-35-26)13-24(32)28-14-18-5-9-33-10-6-18/h1-4,15,17-19H,5-14,16H2,(H,28,32). The van der Waals surface area contributed by atoms with E-state index in [0.717, 1.165) is 60.1 Å². The smallest absolute Gasteiger partial charge is 0.226 e. The average Bonchev–Trinajstić information content (AvgIpc) is 3.51. The van der Waals surface area contributed by atoms with Crippen LogP contribution in [-0.4, -0.2) is 51.9 Å². The van der Waals surface area contributed by atoms with E-state index in [1.165, 1.54) is 47.8 Å². The van der Waals surface area contributed by atoms with E-state index in [-0.39, 0.29) is 18.1 Å². The fourth-order valence-corrected chi connectivity index (χ4v) is 6.75. The number of nitrogens with one attached hydrogen (secondary N) is 1. The second-order valence-corrected chi connectivity index (χ2v) is 11.4. The largest absolute Gasteiger partial charge is 0.381 e. The van der Waals surface area contributed by atoms with Crippen LogP contribution in [0.4, 0.5) is 4.39 Å². The maximum atomic E-state index is 13.7. The molecule has 9 heteroatoms. The molecule has 3 aromatic rings. The lowest BCUT2D eigenvalue weighted by molar-refractivity contribution is -0.120. The lowest BCUT2D eigenvalue weighted by atomic mass is 10.0. The molecule has 2 saturated heterocycles. The van der Waals surface area contributed by atoms with E-state index in [9.17, 15) is 9.18 Å². The molecule has 0 atom stereocenters. The van der Waals surface area contributed by atoms with E-state index in [4.69, 9.17) is 14.8 Å². The van der Waals surface area contributed by atoms with Gasteiger partial charge >= 0.3 is 0 Å². The van der Waals surface area contributed by atoms with E-state index >= 15 is 0 Å². The highest BCUT2D eigenvalue weighted by atomic mass is 32.2. The molecule has 0 unspecified atom stereocenters. The summed E-state index contributed by atoms with van der Waals surface area (Å²) in [6, 6.07) is 6.59. The summed E-state index contributed by atoms with van der Waals surface area (Å²) in [4.78, 5) is 17.3. The van der Waals surface area contributed by atoms with Crippen LogP contribution in [0.15, 0.2) is 35.8 Å². The van der Waals surface area contributed by atoms with Gasteiger partial charge in [-0.25, -0.2) is 9.37 Å². The minimum absolute atomic E-state index is 0.00189. The number of rotatable bonds is 8. The first kappa shape index (κ1) is 24.5. The van der Waals surface area contributed by atoms with E-state index in [2.05, 4.69) is 10.00 Å². The number of aromatic nitrogens is 3. The highest BCUT2D eigenvalue weighted by Gasteiger charge is 2.22. The van der Waals surface area contributed by atoms with Gasteiger partial charge in [0, 0.05) is 37.2 Å². The monoisotopic (exact) mass is 514 g/mol. The Morgan fingerprint density at radius 3 is 2.66 bits per heavy atom. The third kappa shape index (κ3) is 6.32. The Morgan fingerprint density at radius 2 is 1.89 bits per heavy atom. The predicted molar refractivity (Wildman–Crippen MR) is 139 cm³/mol. The summed E-state index contributed by atoms with van der Waals surface area (Å²) >= 11 is 3.54. The van der Waals surface area contributed by atoms with Crippen molar-refractivity contribution in [3.05, 3.63) is 47.4 Å². The summed E-state index contributed by atoms with van der Waals surface area (Å²) in [6.45, 7) is 3.10. The second-order valence-electron chi connectivity index (χ2n) is 9.33. The van der Waals surface area contributed by atoms with E-state index in [1.807, 2.05) is 23.3 Å². The molecule has 2 aliphatic heterocycles. The fraction of sp³-hybridized carbons (Fsp3) is 0.500. The Morgan fingerprint density at radius 1 is 1.11 bits per heavy atom. The van der Waals surface area contributed by atoms with Gasteiger partial charge in [-0.15, -0.1) is 11.3 Å². The zero-order valence-corrected chi connectivity index (χ0v) is 21.4. The number of benzene rings is 1. The van der Waals surface area contributed by atoms with Crippen molar-refractivity contribution in [2.45, 2.75) is 38.6 Å². The van der Waals surface area contributed by atoms with Gasteiger partial charge in [0.25, 0.3) is 0 Å². The van der Waals surface area contributed by atoms with Crippen molar-refractivity contribution in [1.82, 2.24) is 20.1 Å². The predicted octanol–water partition coefficient (Wildman–Crippen LogP) is 5.04. The molecular formula is C26H31FN4O2S2. The molecule has 0 radical (unpaired) electrons. The molecule has 1 N–H and O–H groups in total. The molecule has 4 heterocycles. The molecule has 0 saturated carbocycles. The molecular weight excluding hydrogens is 483 g/mol. The summed E-state index contributed by atoms with van der Waals surface area (Å²) in [7, 11) is 0. The normalized spacial score (nSPS) is 17.5. The molecule has 1 amide bonds. The van der Waals surface area contributed by atoms with Crippen LogP contribution in [0.3, 0.4) is 0 Å². The van der Waals surface area contributed by atoms with Gasteiger partial charge in [-0.2, -0.15) is 16.9 Å². The highest BCUT2D eigenvalue weighted by molar-refractivity contribution is 7.99. The first-order valence-corrected chi connectivity index (χ1v) is 14.4. The Hall–Kier alpha value is -2.23. The van der Waals surface area contributed by atoms with Gasteiger partial charge in [-0.1, -0.05) is 0 Å². The fourth-order valence-electron chi connectivity index (χ4n) is 4.71. The summed E-state index contributed by atoms with van der Waals surface area (Å²) in [5.41, 5.74) is 3.58. The molecule has 2 aromatic heterocycles. The molecule has 0 spiro atoms. The van der Waals surface area contributed by atoms with Crippen LogP contribution in [0.25, 0.3) is 21.8 Å². The van der Waals surface area contributed by atoms with Gasteiger partial charge in [0.15, 0.2) is 0 Å². The van der Waals surface area contributed by atoms with Crippen molar-refractivity contribution >= 4 is 29.0 Å². The van der Waals surface area contributed by atoms with Crippen molar-refractivity contribution in [2.24, 2.45) is 11.8 Å². The molecule has 0 bridgehead atoms. The first-order chi connectivity index (χ1) is 17.2. The lowest BCUT2D eigenvalue weighted by Gasteiger charge is -2.22. The Balaban J connectivity index is 1.32. The van der Waals surface area contributed by atoms with Crippen LogP contribution in [-0.2, 0) is 22.5 Å². The molecule has 5 rings (SSSR count). The number of amides is 1. The minimum Gasteiger partial charge on any atom is -0.381 e. The number of ether oxygens (including phenoxy) is 1. The quantitative estimate of drug-likeness (QED) is 0.456. The maximum absolute atomic E-state index is 13.7. The molecule has 2 aliphatic rings. The van der Waals surface area contributed by atoms with Crippen LogP contribution in [0.2, 0.25) is 0 Å². The third-order valence-electron chi connectivity index (χ3n) is 6.78. The molecule has 35 heavy (non-hydrogen) atoms. The number of halogens is 1. The topological polar surface area (TPSA) is 69.0 Å². The van der Waals surface area contributed by atoms with E-state index < -0.39 is 0 Å². The second kappa shape index (κ2) is 11.7. The van der Waals surface area contributed by atoms with Crippen molar-refractivity contribution in [3.63, 3.8) is 0 Å². The van der Waals surface area contributed by atoms with Crippen molar-refractivity contribution < 1.29 is 13.9 Å². The number of nitrogens with zero attached hydrogens (tertiary/aromatic N) is 3. The van der Waals surface area contributed by atoms with Crippen LogP contribution < -0.4 is 5.32 Å². The first-order valence-electron chi connectivity index (χ1n) is 12.3. The Bertz CT molecular complexity index is 1120. The van der Waals surface area contributed by atoms with E-state index in [1.54, 1.807) is 12.1 Å². The Kier molecular flexibility index (Phi) is 8.16. The van der Waals surface area contributed by atoms with Gasteiger partial charge in [-0.05, 0) is 73.3 Å². The summed E-state index contributed by atoms with van der Waals surface area (Å²) in [5.74, 6) is 3.21. The van der Waals surface area contributed by atoms with Gasteiger partial charge in [0.2, 0.25) is 5.91 Å². The zero-order chi connectivity index (χ0) is 24.0. The van der Waals surface area contributed by atoms with Gasteiger partial charge in [-0.3, -0.25) is 9.48 Å². The third-order valence-corrected chi connectivity index (χ3v) is 8.75. The molecule has 1 aromatic carbocycles. The minimum atomic E-state index is -0.256. The lowest BCUT2D eigenvalue weighted by Crippen LogP contribution is -2.33. The number of thiazole rings is 1. The molecule has 0 aliphatic carbocycles.